The molecular formula is C14H13ClN4. The molecule has 96 valence electrons. The molecule has 2 heterocycles. The molecule has 1 aliphatic rings. The van der Waals surface area contributed by atoms with E-state index in [1.165, 1.54) is 19.1 Å². The van der Waals surface area contributed by atoms with Gasteiger partial charge in [-0.05, 0) is 31.0 Å². The number of pyridine rings is 2. The van der Waals surface area contributed by atoms with Crippen LogP contribution in [0.3, 0.4) is 0 Å². The molecular weight excluding hydrogens is 260 g/mol. The first-order valence-corrected chi connectivity index (χ1v) is 6.53. The third-order valence-corrected chi connectivity index (χ3v) is 3.25. The van der Waals surface area contributed by atoms with Crippen molar-refractivity contribution in [3.05, 3.63) is 41.3 Å². The zero-order chi connectivity index (χ0) is 13.2. The highest BCUT2D eigenvalue weighted by Crippen LogP contribution is 2.21. The first-order chi connectivity index (χ1) is 9.26. The number of halogens is 1. The normalized spacial score (nSPS) is 15.5. The quantitative estimate of drug-likeness (QED) is 0.664. The molecule has 0 amide bonds. The standard InChI is InChI=1S/C14H13ClN4/c15-14-4-3-12-13(19-14)5-9(7-18-12)10(6-16)8-17-11-1-2-11/h3-8,11,16-17H,1-2H2/b10-8+,16-6?. The second-order valence-corrected chi connectivity index (χ2v) is 4.97. The first kappa shape index (κ1) is 12.1. The topological polar surface area (TPSA) is 61.7 Å². The molecule has 0 spiro atoms. The first-order valence-electron chi connectivity index (χ1n) is 6.15. The van der Waals surface area contributed by atoms with Crippen LogP contribution in [-0.2, 0) is 0 Å². The van der Waals surface area contributed by atoms with Gasteiger partial charge in [0.1, 0.15) is 5.15 Å². The Bertz CT molecular complexity index is 662. The highest BCUT2D eigenvalue weighted by molar-refractivity contribution is 6.29. The van der Waals surface area contributed by atoms with Crippen LogP contribution in [0, 0.1) is 5.41 Å². The van der Waals surface area contributed by atoms with Crippen LogP contribution < -0.4 is 5.32 Å². The molecule has 2 N–H and O–H groups in total. The van der Waals surface area contributed by atoms with Crippen LogP contribution in [0.1, 0.15) is 18.4 Å². The van der Waals surface area contributed by atoms with E-state index in [9.17, 15) is 0 Å². The lowest BCUT2D eigenvalue weighted by atomic mass is 10.1. The van der Waals surface area contributed by atoms with Gasteiger partial charge in [-0.1, -0.05) is 11.6 Å². The minimum atomic E-state index is 0.447. The van der Waals surface area contributed by atoms with Crippen molar-refractivity contribution >= 4 is 34.4 Å². The summed E-state index contributed by atoms with van der Waals surface area (Å²) in [6, 6.07) is 6.03. The molecule has 1 saturated carbocycles. The summed E-state index contributed by atoms with van der Waals surface area (Å²) in [5.74, 6) is 0. The van der Waals surface area contributed by atoms with Gasteiger partial charge in [-0.25, -0.2) is 4.98 Å². The van der Waals surface area contributed by atoms with E-state index in [-0.39, 0.29) is 0 Å². The fourth-order valence-electron chi connectivity index (χ4n) is 1.81. The number of nitrogens with one attached hydrogen (secondary N) is 2. The second kappa shape index (κ2) is 4.97. The van der Waals surface area contributed by atoms with Gasteiger partial charge in [-0.2, -0.15) is 0 Å². The zero-order valence-corrected chi connectivity index (χ0v) is 11.0. The maximum atomic E-state index is 7.50. The Balaban J connectivity index is 1.97. The number of allylic oxidation sites excluding steroid dienone is 1. The van der Waals surface area contributed by atoms with Crippen LogP contribution in [0.4, 0.5) is 0 Å². The highest BCUT2D eigenvalue weighted by Gasteiger charge is 2.19. The van der Waals surface area contributed by atoms with Crippen molar-refractivity contribution in [2.75, 3.05) is 0 Å². The second-order valence-electron chi connectivity index (χ2n) is 4.58. The third kappa shape index (κ3) is 2.74. The van der Waals surface area contributed by atoms with E-state index in [1.54, 1.807) is 12.3 Å². The van der Waals surface area contributed by atoms with Crippen LogP contribution in [0.25, 0.3) is 16.6 Å². The minimum absolute atomic E-state index is 0.447. The molecule has 0 radical (unpaired) electrons. The van der Waals surface area contributed by atoms with Crippen molar-refractivity contribution < 1.29 is 0 Å². The van der Waals surface area contributed by atoms with Crippen LogP contribution in [-0.4, -0.2) is 22.2 Å². The number of nitrogens with zero attached hydrogens (tertiary/aromatic N) is 2. The molecule has 3 rings (SSSR count). The monoisotopic (exact) mass is 272 g/mol. The Kier molecular flexibility index (Phi) is 3.17. The molecule has 1 fully saturated rings. The number of fused-ring (bicyclic) bond motifs is 1. The van der Waals surface area contributed by atoms with Crippen LogP contribution >= 0.6 is 11.6 Å². The summed E-state index contributed by atoms with van der Waals surface area (Å²) in [6.45, 7) is 0. The highest BCUT2D eigenvalue weighted by atomic mass is 35.5. The van der Waals surface area contributed by atoms with Gasteiger partial charge in [0, 0.05) is 35.8 Å². The Labute approximate surface area is 116 Å². The third-order valence-electron chi connectivity index (χ3n) is 3.04. The Morgan fingerprint density at radius 1 is 1.37 bits per heavy atom. The van der Waals surface area contributed by atoms with Crippen molar-refractivity contribution in [2.24, 2.45) is 0 Å². The number of hydrogen-bond donors (Lipinski definition) is 2. The summed E-state index contributed by atoms with van der Waals surface area (Å²) in [7, 11) is 0. The van der Waals surface area contributed by atoms with Gasteiger partial charge in [0.15, 0.2) is 0 Å². The van der Waals surface area contributed by atoms with Gasteiger partial charge in [-0.3, -0.25) is 4.98 Å². The van der Waals surface area contributed by atoms with Gasteiger partial charge in [0.05, 0.1) is 11.0 Å². The molecule has 5 heteroatoms. The fourth-order valence-corrected chi connectivity index (χ4v) is 1.96. The smallest absolute Gasteiger partial charge is 0.129 e. The van der Waals surface area contributed by atoms with Crippen molar-refractivity contribution in [2.45, 2.75) is 18.9 Å². The Morgan fingerprint density at radius 2 is 2.21 bits per heavy atom. The van der Waals surface area contributed by atoms with Crippen molar-refractivity contribution in [3.8, 4) is 0 Å². The van der Waals surface area contributed by atoms with E-state index in [1.807, 2.05) is 18.3 Å². The molecule has 2 aromatic rings. The molecule has 0 saturated heterocycles. The molecule has 0 atom stereocenters. The van der Waals surface area contributed by atoms with E-state index in [4.69, 9.17) is 17.0 Å². The van der Waals surface area contributed by atoms with Gasteiger partial charge in [0.25, 0.3) is 0 Å². The van der Waals surface area contributed by atoms with Crippen molar-refractivity contribution in [3.63, 3.8) is 0 Å². The summed E-state index contributed by atoms with van der Waals surface area (Å²) in [4.78, 5) is 8.58. The summed E-state index contributed by atoms with van der Waals surface area (Å²) < 4.78 is 0. The van der Waals surface area contributed by atoms with E-state index in [0.29, 0.717) is 11.2 Å². The lowest BCUT2D eigenvalue weighted by Gasteiger charge is -2.04. The van der Waals surface area contributed by atoms with E-state index in [2.05, 4.69) is 15.3 Å². The van der Waals surface area contributed by atoms with E-state index < -0.39 is 0 Å². The molecule has 2 aromatic heterocycles. The predicted octanol–water partition coefficient (Wildman–Crippen LogP) is 3.03. The maximum Gasteiger partial charge on any atom is 0.129 e. The van der Waals surface area contributed by atoms with Gasteiger partial charge >= 0.3 is 0 Å². The summed E-state index contributed by atoms with van der Waals surface area (Å²) >= 11 is 5.88. The molecule has 4 nitrogen and oxygen atoms in total. The van der Waals surface area contributed by atoms with Crippen LogP contribution in [0.15, 0.2) is 30.6 Å². The van der Waals surface area contributed by atoms with Crippen LogP contribution in [0.5, 0.6) is 0 Å². The van der Waals surface area contributed by atoms with Gasteiger partial charge in [0.2, 0.25) is 0 Å². The number of aromatic nitrogens is 2. The minimum Gasteiger partial charge on any atom is -0.388 e. The summed E-state index contributed by atoms with van der Waals surface area (Å²) in [6.07, 6.45) is 7.36. The largest absolute Gasteiger partial charge is 0.388 e. The SMILES string of the molecule is N=C/C(=C\NC1CC1)c1cnc2ccc(Cl)nc2c1. The lowest BCUT2D eigenvalue weighted by molar-refractivity contribution is 0.865. The number of rotatable bonds is 4. The molecule has 0 bridgehead atoms. The zero-order valence-electron chi connectivity index (χ0n) is 10.2. The average Bonchev–Trinajstić information content (AvgIpc) is 3.23. The summed E-state index contributed by atoms with van der Waals surface area (Å²) in [5, 5.41) is 11.2. The fraction of sp³-hybridized carbons (Fsp3) is 0.214. The van der Waals surface area contributed by atoms with Gasteiger partial charge < -0.3 is 10.7 Å². The maximum absolute atomic E-state index is 7.50. The summed E-state index contributed by atoms with van der Waals surface area (Å²) in [5.41, 5.74) is 3.20. The average molecular weight is 273 g/mol. The van der Waals surface area contributed by atoms with E-state index >= 15 is 0 Å². The number of hydrogen-bond acceptors (Lipinski definition) is 4. The molecule has 0 aromatic carbocycles. The van der Waals surface area contributed by atoms with Gasteiger partial charge in [-0.15, -0.1) is 0 Å². The Morgan fingerprint density at radius 3 is 2.95 bits per heavy atom. The van der Waals surface area contributed by atoms with E-state index in [0.717, 1.165) is 22.2 Å². The predicted molar refractivity (Wildman–Crippen MR) is 77.5 cm³/mol. The van der Waals surface area contributed by atoms with Crippen molar-refractivity contribution in [1.29, 1.82) is 5.41 Å². The lowest BCUT2D eigenvalue weighted by Crippen LogP contribution is -2.08. The van der Waals surface area contributed by atoms with Crippen LogP contribution in [0.2, 0.25) is 5.15 Å². The molecule has 0 aliphatic heterocycles. The molecule has 1 aliphatic carbocycles. The Hall–Kier alpha value is -1.94. The molecule has 0 unspecified atom stereocenters. The molecule has 19 heavy (non-hydrogen) atoms. The van der Waals surface area contributed by atoms with Crippen molar-refractivity contribution in [1.82, 2.24) is 15.3 Å².